The van der Waals surface area contributed by atoms with Gasteiger partial charge in [0.25, 0.3) is 11.8 Å². The van der Waals surface area contributed by atoms with Gasteiger partial charge in [0.15, 0.2) is 23.6 Å². The Bertz CT molecular complexity index is 1170. The van der Waals surface area contributed by atoms with E-state index in [1.165, 1.54) is 39.5 Å². The summed E-state index contributed by atoms with van der Waals surface area (Å²) >= 11 is 0. The summed E-state index contributed by atoms with van der Waals surface area (Å²) in [5.74, 6) is 0.249. The topological polar surface area (TPSA) is 131 Å². The molecule has 178 valence electrons. The Morgan fingerprint density at radius 2 is 1.65 bits per heavy atom. The number of hydrogen-bond donors (Lipinski definition) is 1. The fourth-order valence-electron chi connectivity index (χ4n) is 3.81. The first-order valence-corrected chi connectivity index (χ1v) is 10.2. The van der Waals surface area contributed by atoms with E-state index in [-0.39, 0.29) is 6.54 Å². The maximum Gasteiger partial charge on any atom is 0.263 e. The van der Waals surface area contributed by atoms with Crippen LogP contribution in [0.25, 0.3) is 0 Å². The predicted octanol–water partition coefficient (Wildman–Crippen LogP) is 1.65. The number of methoxy groups -OCH3 is 4. The summed E-state index contributed by atoms with van der Waals surface area (Å²) in [6.45, 7) is -0.293. The molecule has 0 unspecified atom stereocenters. The number of carbonyl (C=O) groups is 3. The van der Waals surface area contributed by atoms with Gasteiger partial charge < -0.3 is 24.3 Å². The molecule has 2 aromatic rings. The van der Waals surface area contributed by atoms with Gasteiger partial charge in [0.2, 0.25) is 5.91 Å². The van der Waals surface area contributed by atoms with Crippen LogP contribution in [0.3, 0.4) is 0 Å². The van der Waals surface area contributed by atoms with Crippen LogP contribution in [0.4, 0.5) is 11.4 Å². The van der Waals surface area contributed by atoms with Crippen molar-refractivity contribution in [3.8, 4) is 23.0 Å². The molecule has 2 heterocycles. The Balaban J connectivity index is 1.50. The van der Waals surface area contributed by atoms with Gasteiger partial charge in [-0.3, -0.25) is 19.4 Å². The molecule has 3 amide bonds. The van der Waals surface area contributed by atoms with Gasteiger partial charge in [-0.1, -0.05) is 5.22 Å². The Morgan fingerprint density at radius 3 is 2.32 bits per heavy atom. The number of nitrogens with zero attached hydrogens (tertiary/aromatic N) is 4. The molecule has 0 radical (unpaired) electrons. The highest BCUT2D eigenvalue weighted by Crippen LogP contribution is 2.36. The van der Waals surface area contributed by atoms with E-state index in [2.05, 4.69) is 15.7 Å². The zero-order chi connectivity index (χ0) is 24.4. The zero-order valence-electron chi connectivity index (χ0n) is 19.0. The molecule has 0 aliphatic carbocycles. The Kier molecular flexibility index (Phi) is 6.21. The lowest BCUT2D eigenvalue weighted by atomic mass is 10.1. The van der Waals surface area contributed by atoms with Gasteiger partial charge in [-0.05, 0) is 24.3 Å². The fourth-order valence-corrected chi connectivity index (χ4v) is 3.81. The number of imide groups is 1. The number of hydrogen-bond acceptors (Lipinski definition) is 10. The summed E-state index contributed by atoms with van der Waals surface area (Å²) in [6.07, 6.45) is 0. The number of anilines is 2. The number of benzene rings is 2. The fraction of sp³-hybridized carbons (Fsp3) is 0.318. The largest absolute Gasteiger partial charge is 0.497 e. The van der Waals surface area contributed by atoms with Crippen LogP contribution < -0.4 is 29.2 Å². The van der Waals surface area contributed by atoms with Crippen LogP contribution >= 0.6 is 0 Å². The van der Waals surface area contributed by atoms with E-state index in [1.807, 2.05) is 0 Å². The second-order valence-electron chi connectivity index (χ2n) is 7.36. The van der Waals surface area contributed by atoms with Gasteiger partial charge in [-0.25, -0.2) is 4.90 Å². The van der Waals surface area contributed by atoms with E-state index in [4.69, 9.17) is 18.9 Å². The standard InChI is InChI=1S/C22H23N5O7/c1-31-13-6-7-14(16(10-13)33-3)23-18(28)11-26-20-19(24-25-26)21(29)27(22(20)30)12-5-8-15(32-2)17(9-12)34-4/h5-10,19-20H,11H2,1-4H3,(H,23,28)/t19-,20+/m1/s1. The smallest absolute Gasteiger partial charge is 0.263 e. The van der Waals surface area contributed by atoms with Crippen LogP contribution in [0.1, 0.15) is 0 Å². The van der Waals surface area contributed by atoms with Gasteiger partial charge in [0.1, 0.15) is 18.0 Å². The van der Waals surface area contributed by atoms with Gasteiger partial charge >= 0.3 is 0 Å². The Morgan fingerprint density at radius 1 is 0.912 bits per heavy atom. The van der Waals surface area contributed by atoms with Crippen LogP contribution in [-0.4, -0.2) is 69.8 Å². The molecule has 1 N–H and O–H groups in total. The minimum atomic E-state index is -1.04. The molecule has 1 saturated heterocycles. The molecule has 2 aliphatic heterocycles. The molecule has 2 aromatic carbocycles. The van der Waals surface area contributed by atoms with Crippen LogP contribution in [-0.2, 0) is 14.4 Å². The summed E-state index contributed by atoms with van der Waals surface area (Å²) in [5, 5.41) is 11.8. The molecule has 1 fully saturated rings. The average Bonchev–Trinajstić information content (AvgIpc) is 3.37. The van der Waals surface area contributed by atoms with E-state index < -0.39 is 29.8 Å². The molecule has 0 spiro atoms. The van der Waals surface area contributed by atoms with Crippen molar-refractivity contribution in [2.75, 3.05) is 45.2 Å². The van der Waals surface area contributed by atoms with Crippen molar-refractivity contribution in [2.24, 2.45) is 10.3 Å². The summed E-state index contributed by atoms with van der Waals surface area (Å²) < 4.78 is 20.9. The minimum Gasteiger partial charge on any atom is -0.497 e. The van der Waals surface area contributed by atoms with E-state index in [9.17, 15) is 14.4 Å². The molecule has 0 bridgehead atoms. The zero-order valence-corrected chi connectivity index (χ0v) is 19.0. The molecular weight excluding hydrogens is 446 g/mol. The number of amides is 3. The summed E-state index contributed by atoms with van der Waals surface area (Å²) in [7, 11) is 5.93. The lowest BCUT2D eigenvalue weighted by Crippen LogP contribution is -2.43. The van der Waals surface area contributed by atoms with Gasteiger partial charge in [0, 0.05) is 12.1 Å². The van der Waals surface area contributed by atoms with Gasteiger partial charge in [-0.2, -0.15) is 5.11 Å². The van der Waals surface area contributed by atoms with E-state index in [1.54, 1.807) is 30.3 Å². The van der Waals surface area contributed by atoms with Crippen LogP contribution in [0.2, 0.25) is 0 Å². The maximum absolute atomic E-state index is 13.2. The number of fused-ring (bicyclic) bond motifs is 1. The molecule has 2 aliphatic rings. The number of nitrogens with one attached hydrogen (secondary N) is 1. The van der Waals surface area contributed by atoms with Gasteiger partial charge in [-0.15, -0.1) is 0 Å². The molecule has 0 aromatic heterocycles. The Hall–Kier alpha value is -4.35. The highest BCUT2D eigenvalue weighted by molar-refractivity contribution is 6.25. The lowest BCUT2D eigenvalue weighted by molar-refractivity contribution is -0.123. The molecule has 12 heteroatoms. The third-order valence-electron chi connectivity index (χ3n) is 5.47. The van der Waals surface area contributed by atoms with Crippen molar-refractivity contribution < 1.29 is 33.3 Å². The second-order valence-corrected chi connectivity index (χ2v) is 7.36. The monoisotopic (exact) mass is 469 g/mol. The van der Waals surface area contributed by atoms with Gasteiger partial charge in [0.05, 0.1) is 39.8 Å². The molecule has 2 atom stereocenters. The normalized spacial score (nSPS) is 18.7. The summed E-state index contributed by atoms with van der Waals surface area (Å²) in [4.78, 5) is 39.8. The predicted molar refractivity (Wildman–Crippen MR) is 119 cm³/mol. The van der Waals surface area contributed by atoms with E-state index in [0.717, 1.165) is 4.90 Å². The third kappa shape index (κ3) is 3.93. The summed E-state index contributed by atoms with van der Waals surface area (Å²) in [5.41, 5.74) is 0.728. The lowest BCUT2D eigenvalue weighted by Gasteiger charge is -2.21. The summed E-state index contributed by atoms with van der Waals surface area (Å²) in [6, 6.07) is 7.56. The number of carbonyl (C=O) groups excluding carboxylic acids is 3. The van der Waals surface area contributed by atoms with E-state index >= 15 is 0 Å². The van der Waals surface area contributed by atoms with E-state index in [0.29, 0.717) is 34.4 Å². The first kappa shape index (κ1) is 22.8. The van der Waals surface area contributed by atoms with Crippen molar-refractivity contribution in [2.45, 2.75) is 12.1 Å². The maximum atomic E-state index is 13.2. The second kappa shape index (κ2) is 9.25. The molecule has 12 nitrogen and oxygen atoms in total. The van der Waals surface area contributed by atoms with Crippen molar-refractivity contribution in [3.05, 3.63) is 36.4 Å². The minimum absolute atomic E-state index is 0.293. The molecule has 34 heavy (non-hydrogen) atoms. The third-order valence-corrected chi connectivity index (χ3v) is 5.47. The first-order chi connectivity index (χ1) is 16.4. The first-order valence-electron chi connectivity index (χ1n) is 10.2. The SMILES string of the molecule is COc1ccc(NC(=O)CN2N=N[C@H]3C(=O)N(c4ccc(OC)c(OC)c4)C(=O)[C@H]32)c(OC)c1. The number of rotatable bonds is 8. The molecule has 4 rings (SSSR count). The molecule has 0 saturated carbocycles. The highest BCUT2D eigenvalue weighted by Gasteiger charge is 2.55. The van der Waals surface area contributed by atoms with Crippen LogP contribution in [0.15, 0.2) is 46.7 Å². The Labute approximate surface area is 195 Å². The van der Waals surface area contributed by atoms with Crippen molar-refractivity contribution >= 4 is 29.1 Å². The van der Waals surface area contributed by atoms with Crippen molar-refractivity contribution in [3.63, 3.8) is 0 Å². The average molecular weight is 469 g/mol. The van der Waals surface area contributed by atoms with Crippen molar-refractivity contribution in [1.82, 2.24) is 5.01 Å². The quantitative estimate of drug-likeness (QED) is 0.578. The molecular formula is C22H23N5O7. The van der Waals surface area contributed by atoms with Crippen molar-refractivity contribution in [1.29, 1.82) is 0 Å². The number of ether oxygens (including phenoxy) is 4. The van der Waals surface area contributed by atoms with Crippen LogP contribution in [0.5, 0.6) is 23.0 Å². The van der Waals surface area contributed by atoms with Crippen LogP contribution in [0, 0.1) is 0 Å². The highest BCUT2D eigenvalue weighted by atomic mass is 16.5.